The molecule has 1 amide bonds. The molecule has 6 heteroatoms. The monoisotopic (exact) mass is 274 g/mol. The van der Waals surface area contributed by atoms with Crippen molar-refractivity contribution in [3.63, 3.8) is 0 Å². The molecule has 1 aromatic heterocycles. The Morgan fingerprint density at radius 3 is 2.65 bits per heavy atom. The van der Waals surface area contributed by atoms with E-state index in [0.29, 0.717) is 30.1 Å². The molecule has 2 rings (SSSR count). The Labute approximate surface area is 117 Å². The summed E-state index contributed by atoms with van der Waals surface area (Å²) in [4.78, 5) is 12.1. The molecule has 0 aliphatic rings. The summed E-state index contributed by atoms with van der Waals surface area (Å²) in [5.41, 5.74) is 7.34. The third-order valence-electron chi connectivity index (χ3n) is 2.76. The van der Waals surface area contributed by atoms with Gasteiger partial charge >= 0.3 is 0 Å². The number of hydrogen-bond acceptors (Lipinski definition) is 4. The Morgan fingerprint density at radius 2 is 2.10 bits per heavy atom. The number of nitrogens with zero attached hydrogens (tertiary/aromatic N) is 2. The predicted molar refractivity (Wildman–Crippen MR) is 76.9 cm³/mol. The van der Waals surface area contributed by atoms with E-state index in [-0.39, 0.29) is 5.91 Å². The lowest BCUT2D eigenvalue weighted by Gasteiger charge is -2.07. The van der Waals surface area contributed by atoms with E-state index in [0.717, 1.165) is 5.75 Å². The minimum absolute atomic E-state index is 0.175. The van der Waals surface area contributed by atoms with Crippen LogP contribution in [0.25, 0.3) is 0 Å². The van der Waals surface area contributed by atoms with Gasteiger partial charge in [0.15, 0.2) is 0 Å². The summed E-state index contributed by atoms with van der Waals surface area (Å²) >= 11 is 0. The van der Waals surface area contributed by atoms with Gasteiger partial charge in [-0.1, -0.05) is 0 Å². The van der Waals surface area contributed by atoms with E-state index >= 15 is 0 Å². The van der Waals surface area contributed by atoms with Crippen LogP contribution >= 0.6 is 0 Å². The van der Waals surface area contributed by atoms with Gasteiger partial charge in [0.05, 0.1) is 11.3 Å². The van der Waals surface area contributed by atoms with Crippen LogP contribution in [0.1, 0.15) is 16.1 Å². The van der Waals surface area contributed by atoms with E-state index in [4.69, 9.17) is 10.5 Å². The van der Waals surface area contributed by atoms with Gasteiger partial charge < -0.3 is 15.8 Å². The number of nitrogens with one attached hydrogen (secondary N) is 1. The molecule has 20 heavy (non-hydrogen) atoms. The topological polar surface area (TPSA) is 82.2 Å². The first-order chi connectivity index (χ1) is 9.60. The zero-order valence-electron chi connectivity index (χ0n) is 11.6. The van der Waals surface area contributed by atoms with Crippen molar-refractivity contribution in [1.82, 2.24) is 9.78 Å². The number of anilines is 1. The van der Waals surface area contributed by atoms with Gasteiger partial charge in [0.1, 0.15) is 12.4 Å². The maximum absolute atomic E-state index is 12.1. The summed E-state index contributed by atoms with van der Waals surface area (Å²) < 4.78 is 6.99. The number of hydrogen-bond donors (Lipinski definition) is 2. The second kappa shape index (κ2) is 6.21. The number of ether oxygens (including phenoxy) is 1. The quantitative estimate of drug-likeness (QED) is 0.861. The van der Waals surface area contributed by atoms with Crippen LogP contribution < -0.4 is 15.8 Å². The molecule has 1 heterocycles. The maximum atomic E-state index is 12.1. The fourth-order valence-corrected chi connectivity index (χ4v) is 1.83. The molecule has 2 aromatic rings. The number of carbonyl (C=O) groups is 1. The number of benzene rings is 1. The van der Waals surface area contributed by atoms with Gasteiger partial charge in [0.2, 0.25) is 0 Å². The average Bonchev–Trinajstić information content (AvgIpc) is 2.77. The van der Waals surface area contributed by atoms with Crippen molar-refractivity contribution < 1.29 is 9.53 Å². The molecule has 0 atom stereocenters. The zero-order valence-corrected chi connectivity index (χ0v) is 11.6. The Hall–Kier alpha value is -2.34. The molecule has 0 bridgehead atoms. The van der Waals surface area contributed by atoms with Gasteiger partial charge in [0, 0.05) is 25.5 Å². The number of carbonyl (C=O) groups excluding carboxylic acids is 1. The van der Waals surface area contributed by atoms with Crippen LogP contribution in [0.15, 0.2) is 30.5 Å². The highest BCUT2D eigenvalue weighted by molar-refractivity contribution is 6.04. The minimum atomic E-state index is -0.175. The van der Waals surface area contributed by atoms with Crippen LogP contribution in [0.4, 0.5) is 5.69 Å². The van der Waals surface area contributed by atoms with E-state index in [2.05, 4.69) is 10.4 Å². The highest BCUT2D eigenvalue weighted by Gasteiger charge is 2.12. The number of amides is 1. The predicted octanol–water partition coefficient (Wildman–Crippen LogP) is 1.32. The summed E-state index contributed by atoms with van der Waals surface area (Å²) in [5.74, 6) is 0.553. The van der Waals surface area contributed by atoms with Crippen LogP contribution in [0.2, 0.25) is 0 Å². The highest BCUT2D eigenvalue weighted by atomic mass is 16.5. The molecule has 6 nitrogen and oxygen atoms in total. The fourth-order valence-electron chi connectivity index (χ4n) is 1.83. The molecule has 3 N–H and O–H groups in total. The van der Waals surface area contributed by atoms with Crippen molar-refractivity contribution in [2.24, 2.45) is 12.8 Å². The highest BCUT2D eigenvalue weighted by Crippen LogP contribution is 2.17. The molecule has 0 aliphatic carbocycles. The zero-order chi connectivity index (χ0) is 14.5. The molecule has 0 fully saturated rings. The van der Waals surface area contributed by atoms with Gasteiger partial charge in [-0.15, -0.1) is 0 Å². The summed E-state index contributed by atoms with van der Waals surface area (Å²) in [6.07, 6.45) is 1.70. The van der Waals surface area contributed by atoms with Crippen molar-refractivity contribution >= 4 is 11.6 Å². The smallest absolute Gasteiger partial charge is 0.259 e. The summed E-state index contributed by atoms with van der Waals surface area (Å²) in [6, 6.07) is 7.16. The molecule has 0 saturated carbocycles. The summed E-state index contributed by atoms with van der Waals surface area (Å²) in [6.45, 7) is 2.75. The largest absolute Gasteiger partial charge is 0.492 e. The normalized spacial score (nSPS) is 10.3. The van der Waals surface area contributed by atoms with Crippen LogP contribution in [0.5, 0.6) is 5.75 Å². The Balaban J connectivity index is 2.02. The standard InChI is InChI=1S/C14H18N4O2/c1-10-13(9-18(2)17-10)14(19)16-11-3-5-12(6-4-11)20-8-7-15/h3-6,9H,7-8,15H2,1-2H3,(H,16,19). The fraction of sp³-hybridized carbons (Fsp3) is 0.286. The Morgan fingerprint density at radius 1 is 1.40 bits per heavy atom. The lowest BCUT2D eigenvalue weighted by atomic mass is 10.2. The lowest BCUT2D eigenvalue weighted by Crippen LogP contribution is -2.12. The number of rotatable bonds is 5. The van der Waals surface area contributed by atoms with Gasteiger partial charge in [-0.05, 0) is 31.2 Å². The van der Waals surface area contributed by atoms with Crippen molar-refractivity contribution in [2.75, 3.05) is 18.5 Å². The summed E-state index contributed by atoms with van der Waals surface area (Å²) in [5, 5.41) is 6.97. The van der Waals surface area contributed by atoms with E-state index in [1.54, 1.807) is 49.1 Å². The summed E-state index contributed by atoms with van der Waals surface area (Å²) in [7, 11) is 1.79. The maximum Gasteiger partial charge on any atom is 0.259 e. The van der Waals surface area contributed by atoms with Crippen LogP contribution in [-0.2, 0) is 7.05 Å². The lowest BCUT2D eigenvalue weighted by molar-refractivity contribution is 0.102. The van der Waals surface area contributed by atoms with Gasteiger partial charge in [0.25, 0.3) is 5.91 Å². The second-order valence-electron chi connectivity index (χ2n) is 4.42. The van der Waals surface area contributed by atoms with Gasteiger partial charge in [-0.2, -0.15) is 5.10 Å². The van der Waals surface area contributed by atoms with E-state index in [9.17, 15) is 4.79 Å². The SMILES string of the molecule is Cc1nn(C)cc1C(=O)Nc1ccc(OCCN)cc1. The van der Waals surface area contributed by atoms with Crippen molar-refractivity contribution in [3.8, 4) is 5.75 Å². The van der Waals surface area contributed by atoms with Gasteiger partial charge in [-0.25, -0.2) is 0 Å². The third kappa shape index (κ3) is 3.36. The molecular weight excluding hydrogens is 256 g/mol. The number of nitrogens with two attached hydrogens (primary N) is 1. The first-order valence-electron chi connectivity index (χ1n) is 6.34. The van der Waals surface area contributed by atoms with Crippen LogP contribution in [0, 0.1) is 6.92 Å². The van der Waals surface area contributed by atoms with Crippen molar-refractivity contribution in [3.05, 3.63) is 41.7 Å². The molecule has 0 aliphatic heterocycles. The molecule has 0 unspecified atom stereocenters. The van der Waals surface area contributed by atoms with E-state index in [1.165, 1.54) is 0 Å². The minimum Gasteiger partial charge on any atom is -0.492 e. The molecule has 106 valence electrons. The molecule has 0 radical (unpaired) electrons. The van der Waals surface area contributed by atoms with E-state index < -0.39 is 0 Å². The Kier molecular flexibility index (Phi) is 4.37. The molecule has 1 aromatic carbocycles. The second-order valence-corrected chi connectivity index (χ2v) is 4.42. The van der Waals surface area contributed by atoms with Crippen LogP contribution in [-0.4, -0.2) is 28.8 Å². The molecule has 0 saturated heterocycles. The average molecular weight is 274 g/mol. The van der Waals surface area contributed by atoms with Gasteiger partial charge in [-0.3, -0.25) is 9.48 Å². The van der Waals surface area contributed by atoms with Crippen molar-refractivity contribution in [1.29, 1.82) is 0 Å². The van der Waals surface area contributed by atoms with Crippen molar-refractivity contribution in [2.45, 2.75) is 6.92 Å². The molecule has 0 spiro atoms. The number of aryl methyl sites for hydroxylation is 2. The number of aromatic nitrogens is 2. The first-order valence-corrected chi connectivity index (χ1v) is 6.34. The first kappa shape index (κ1) is 14.1. The van der Waals surface area contributed by atoms with Crippen LogP contribution in [0.3, 0.4) is 0 Å². The van der Waals surface area contributed by atoms with E-state index in [1.807, 2.05) is 0 Å². The Bertz CT molecular complexity index is 590. The molecular formula is C14H18N4O2. The third-order valence-corrected chi connectivity index (χ3v) is 2.76.